The second-order valence-corrected chi connectivity index (χ2v) is 9.20. The van der Waals surface area contributed by atoms with Crippen molar-refractivity contribution in [1.82, 2.24) is 15.0 Å². The van der Waals surface area contributed by atoms with Crippen LogP contribution in [0.2, 0.25) is 0 Å². The zero-order valence-electron chi connectivity index (χ0n) is 20.5. The summed E-state index contributed by atoms with van der Waals surface area (Å²) >= 11 is 1.24. The molecule has 3 aromatic rings. The van der Waals surface area contributed by atoms with Gasteiger partial charge in [-0.1, -0.05) is 13.8 Å². The molecule has 0 aliphatic heterocycles. The van der Waals surface area contributed by atoms with Crippen molar-refractivity contribution < 1.29 is 23.9 Å². The monoisotopic (exact) mass is 512 g/mol. The highest BCUT2D eigenvalue weighted by Gasteiger charge is 2.21. The van der Waals surface area contributed by atoms with Crippen molar-refractivity contribution in [1.29, 1.82) is 0 Å². The first-order valence-electron chi connectivity index (χ1n) is 11.2. The van der Waals surface area contributed by atoms with Crippen LogP contribution in [-0.4, -0.2) is 46.9 Å². The number of anilines is 3. The van der Waals surface area contributed by atoms with Gasteiger partial charge in [-0.05, 0) is 24.5 Å². The van der Waals surface area contributed by atoms with Gasteiger partial charge in [0.2, 0.25) is 23.6 Å². The molecule has 0 unspecified atom stereocenters. The van der Waals surface area contributed by atoms with Gasteiger partial charge in [-0.2, -0.15) is 0 Å². The predicted octanol–water partition coefficient (Wildman–Crippen LogP) is 3.76. The molecule has 0 aromatic carbocycles. The van der Waals surface area contributed by atoms with Crippen LogP contribution in [-0.2, 0) is 16.0 Å². The number of aromatic nitrogens is 3. The van der Waals surface area contributed by atoms with Gasteiger partial charge in [0.1, 0.15) is 5.69 Å². The first kappa shape index (κ1) is 26.5. The zero-order chi connectivity index (χ0) is 26.1. The Hall–Kier alpha value is -4.06. The summed E-state index contributed by atoms with van der Waals surface area (Å²) < 4.78 is 10.0. The van der Waals surface area contributed by atoms with Crippen LogP contribution >= 0.6 is 11.3 Å². The minimum atomic E-state index is -0.401. The van der Waals surface area contributed by atoms with Gasteiger partial charge in [0.25, 0.3) is 5.91 Å². The number of nitrogens with one attached hydrogen (secondary N) is 3. The van der Waals surface area contributed by atoms with E-state index in [1.165, 1.54) is 38.0 Å². The molecule has 3 heterocycles. The molecule has 0 aliphatic rings. The van der Waals surface area contributed by atoms with E-state index in [0.717, 1.165) is 4.88 Å². The van der Waals surface area contributed by atoms with E-state index in [1.54, 1.807) is 24.3 Å². The second kappa shape index (κ2) is 12.6. The Balaban J connectivity index is 1.59. The number of carbonyl (C=O) groups is 3. The number of rotatable bonds is 11. The Morgan fingerprint density at radius 1 is 0.861 bits per heavy atom. The van der Waals surface area contributed by atoms with Crippen molar-refractivity contribution in [3.05, 3.63) is 47.2 Å². The van der Waals surface area contributed by atoms with Crippen LogP contribution in [0, 0.1) is 5.92 Å². The highest BCUT2D eigenvalue weighted by atomic mass is 32.1. The number of nitrogens with zero attached hydrogens (tertiary/aromatic N) is 3. The molecule has 0 aliphatic carbocycles. The van der Waals surface area contributed by atoms with Crippen molar-refractivity contribution in [2.24, 2.45) is 5.92 Å². The molecule has 0 atom stereocenters. The number of thiazole rings is 1. The summed E-state index contributed by atoms with van der Waals surface area (Å²) in [5, 5.41) is 8.44. The number of ether oxygens (including phenoxy) is 2. The van der Waals surface area contributed by atoms with Crippen LogP contribution in [0.25, 0.3) is 0 Å². The van der Waals surface area contributed by atoms with Gasteiger partial charge in [-0.3, -0.25) is 14.4 Å². The molecular weight excluding hydrogens is 484 g/mol. The standard InChI is InChI=1S/C24H28N6O5S/c1-14(2)11-17-22(23(33)28-16-6-10-21(35-4)26-13-16)30-24(36-17)29-19(32)8-7-18(31)27-15-5-9-20(34-3)25-12-15/h5-6,9-10,12-14H,7-8,11H2,1-4H3,(H,27,31)(H,28,33)(H,29,30,32). The summed E-state index contributed by atoms with van der Waals surface area (Å²) in [6.45, 7) is 4.06. The Labute approximate surface area is 212 Å². The number of hydrogen-bond donors (Lipinski definition) is 3. The number of methoxy groups -OCH3 is 2. The Morgan fingerprint density at radius 3 is 1.92 bits per heavy atom. The highest BCUT2D eigenvalue weighted by Crippen LogP contribution is 2.27. The van der Waals surface area contributed by atoms with E-state index in [-0.39, 0.29) is 36.3 Å². The summed E-state index contributed by atoms with van der Waals surface area (Å²) in [5.41, 5.74) is 1.24. The molecule has 0 radical (unpaired) electrons. The maximum Gasteiger partial charge on any atom is 0.275 e. The second-order valence-electron chi connectivity index (χ2n) is 8.12. The topological polar surface area (TPSA) is 144 Å². The molecule has 3 N–H and O–H groups in total. The summed E-state index contributed by atoms with van der Waals surface area (Å²) in [6.07, 6.45) is 3.50. The summed E-state index contributed by atoms with van der Waals surface area (Å²) in [6, 6.07) is 6.59. The lowest BCUT2D eigenvalue weighted by atomic mass is 10.1. The van der Waals surface area contributed by atoms with Crippen LogP contribution in [0.5, 0.6) is 11.8 Å². The fraction of sp³-hybridized carbons (Fsp3) is 0.333. The van der Waals surface area contributed by atoms with Gasteiger partial charge in [-0.25, -0.2) is 15.0 Å². The maximum atomic E-state index is 12.9. The number of hydrogen-bond acceptors (Lipinski definition) is 9. The van der Waals surface area contributed by atoms with Gasteiger partial charge in [0, 0.05) is 29.9 Å². The molecular formula is C24H28N6O5S. The molecule has 3 aromatic heterocycles. The number of carbonyl (C=O) groups excluding carboxylic acids is 3. The van der Waals surface area contributed by atoms with Crippen molar-refractivity contribution in [3.63, 3.8) is 0 Å². The molecule has 36 heavy (non-hydrogen) atoms. The average molecular weight is 513 g/mol. The minimum absolute atomic E-state index is 0.0279. The molecule has 0 bridgehead atoms. The third-order valence-electron chi connectivity index (χ3n) is 4.76. The van der Waals surface area contributed by atoms with E-state index < -0.39 is 5.91 Å². The van der Waals surface area contributed by atoms with E-state index >= 15 is 0 Å². The van der Waals surface area contributed by atoms with Crippen LogP contribution in [0.4, 0.5) is 16.5 Å². The van der Waals surface area contributed by atoms with E-state index in [0.29, 0.717) is 34.7 Å². The minimum Gasteiger partial charge on any atom is -0.481 e. The SMILES string of the molecule is COc1ccc(NC(=O)CCC(=O)Nc2nc(C(=O)Nc3ccc(OC)nc3)c(CC(C)C)s2)cn1. The summed E-state index contributed by atoms with van der Waals surface area (Å²) in [7, 11) is 3.01. The smallest absolute Gasteiger partial charge is 0.275 e. The Morgan fingerprint density at radius 2 is 1.42 bits per heavy atom. The third kappa shape index (κ3) is 7.73. The van der Waals surface area contributed by atoms with E-state index in [9.17, 15) is 14.4 Å². The number of pyridine rings is 2. The average Bonchev–Trinajstić information content (AvgIpc) is 3.25. The van der Waals surface area contributed by atoms with Crippen LogP contribution < -0.4 is 25.4 Å². The van der Waals surface area contributed by atoms with Crippen LogP contribution in [0.3, 0.4) is 0 Å². The molecule has 0 saturated carbocycles. The highest BCUT2D eigenvalue weighted by molar-refractivity contribution is 7.16. The number of amides is 3. The van der Waals surface area contributed by atoms with E-state index in [2.05, 4.69) is 30.9 Å². The lowest BCUT2D eigenvalue weighted by Crippen LogP contribution is -2.18. The first-order valence-corrected chi connectivity index (χ1v) is 12.0. The van der Waals surface area contributed by atoms with Gasteiger partial charge in [-0.15, -0.1) is 11.3 Å². The van der Waals surface area contributed by atoms with Gasteiger partial charge >= 0.3 is 0 Å². The summed E-state index contributed by atoms with van der Waals surface area (Å²) in [5.74, 6) is 0.0307. The lowest BCUT2D eigenvalue weighted by Gasteiger charge is -2.07. The van der Waals surface area contributed by atoms with Gasteiger partial charge in [0.15, 0.2) is 5.13 Å². The third-order valence-corrected chi connectivity index (χ3v) is 5.76. The fourth-order valence-corrected chi connectivity index (χ4v) is 4.25. The fourth-order valence-electron chi connectivity index (χ4n) is 3.06. The van der Waals surface area contributed by atoms with E-state index in [4.69, 9.17) is 9.47 Å². The van der Waals surface area contributed by atoms with Crippen LogP contribution in [0.1, 0.15) is 42.1 Å². The molecule has 3 amide bonds. The summed E-state index contributed by atoms with van der Waals surface area (Å²) in [4.78, 5) is 50.7. The molecule has 0 saturated heterocycles. The molecule has 0 spiro atoms. The first-order chi connectivity index (χ1) is 17.3. The van der Waals surface area contributed by atoms with Crippen LogP contribution in [0.15, 0.2) is 36.7 Å². The molecule has 190 valence electrons. The van der Waals surface area contributed by atoms with E-state index in [1.807, 2.05) is 13.8 Å². The predicted molar refractivity (Wildman–Crippen MR) is 137 cm³/mol. The van der Waals surface area contributed by atoms with Gasteiger partial charge in [0.05, 0.1) is 38.0 Å². The molecule has 12 heteroatoms. The van der Waals surface area contributed by atoms with Crippen molar-refractivity contribution >= 4 is 45.6 Å². The Bertz CT molecular complexity index is 1190. The quantitative estimate of drug-likeness (QED) is 0.352. The van der Waals surface area contributed by atoms with Crippen molar-refractivity contribution in [2.45, 2.75) is 33.1 Å². The molecule has 0 fully saturated rings. The van der Waals surface area contributed by atoms with Crippen molar-refractivity contribution in [3.8, 4) is 11.8 Å². The molecule has 11 nitrogen and oxygen atoms in total. The van der Waals surface area contributed by atoms with Crippen molar-refractivity contribution in [2.75, 3.05) is 30.2 Å². The normalized spacial score (nSPS) is 10.6. The Kier molecular flexibility index (Phi) is 9.28. The molecule has 3 rings (SSSR count). The zero-order valence-corrected chi connectivity index (χ0v) is 21.3. The maximum absolute atomic E-state index is 12.9. The lowest BCUT2D eigenvalue weighted by molar-refractivity contribution is -0.121. The largest absolute Gasteiger partial charge is 0.481 e. The van der Waals surface area contributed by atoms with Gasteiger partial charge < -0.3 is 25.4 Å².